The number of nitrogens with two attached hydrogens (primary N) is 1. The maximum atomic E-state index is 5.39. The molecular formula is C9H16N4O. The van der Waals surface area contributed by atoms with Gasteiger partial charge in [-0.15, -0.1) is 0 Å². The molecule has 5 nitrogen and oxygen atoms in total. The maximum Gasteiger partial charge on any atom is 0.221 e. The van der Waals surface area contributed by atoms with E-state index < -0.39 is 0 Å². The first kappa shape index (κ1) is 10.7. The molecule has 0 bridgehead atoms. The Hall–Kier alpha value is -1.36. The highest BCUT2D eigenvalue weighted by Gasteiger charge is 2.05. The number of nitrogens with one attached hydrogen (secondary N) is 1. The van der Waals surface area contributed by atoms with Crippen LogP contribution in [0.1, 0.15) is 12.0 Å². The van der Waals surface area contributed by atoms with Crippen molar-refractivity contribution in [2.75, 3.05) is 25.5 Å². The van der Waals surface area contributed by atoms with E-state index in [4.69, 9.17) is 10.5 Å². The minimum atomic E-state index is 0.607. The summed E-state index contributed by atoms with van der Waals surface area (Å²) in [4.78, 5) is 8.10. The Labute approximate surface area is 83.7 Å². The summed E-state index contributed by atoms with van der Waals surface area (Å²) in [6.07, 6.45) is 2.41. The molecule has 5 heteroatoms. The number of aromatic nitrogens is 2. The largest absolute Gasteiger partial charge is 0.481 e. The fraction of sp³-hybridized carbons (Fsp3) is 0.556. The average molecular weight is 196 g/mol. The lowest BCUT2D eigenvalue weighted by molar-refractivity contribution is 0.393. The molecule has 0 saturated carbocycles. The Morgan fingerprint density at radius 2 is 2.29 bits per heavy atom. The zero-order chi connectivity index (χ0) is 10.4. The second-order valence-corrected chi connectivity index (χ2v) is 2.93. The van der Waals surface area contributed by atoms with E-state index in [0.29, 0.717) is 12.4 Å². The standard InChI is InChI=1S/C9H16N4O/c1-7-8(11-5-3-4-10)12-6-13-9(7)14-2/h6H,3-5,10H2,1-2H3,(H,11,12,13). The van der Waals surface area contributed by atoms with Gasteiger partial charge in [0.1, 0.15) is 12.1 Å². The van der Waals surface area contributed by atoms with Crippen molar-refractivity contribution in [1.82, 2.24) is 9.97 Å². The van der Waals surface area contributed by atoms with Crippen LogP contribution >= 0.6 is 0 Å². The van der Waals surface area contributed by atoms with Gasteiger partial charge >= 0.3 is 0 Å². The summed E-state index contributed by atoms with van der Waals surface area (Å²) in [5, 5.41) is 3.18. The van der Waals surface area contributed by atoms with Gasteiger partial charge in [-0.3, -0.25) is 0 Å². The SMILES string of the molecule is COc1ncnc(NCCCN)c1C. The first-order valence-electron chi connectivity index (χ1n) is 4.59. The van der Waals surface area contributed by atoms with Crippen molar-refractivity contribution in [2.45, 2.75) is 13.3 Å². The molecule has 0 aliphatic rings. The van der Waals surface area contributed by atoms with Crippen molar-refractivity contribution in [2.24, 2.45) is 5.73 Å². The summed E-state index contributed by atoms with van der Waals surface area (Å²) < 4.78 is 5.08. The Kier molecular flexibility index (Phi) is 4.12. The second-order valence-electron chi connectivity index (χ2n) is 2.93. The molecule has 0 atom stereocenters. The summed E-state index contributed by atoms with van der Waals surface area (Å²) in [5.74, 6) is 1.42. The van der Waals surface area contributed by atoms with Gasteiger partial charge in [0.05, 0.1) is 12.7 Å². The number of ether oxygens (including phenoxy) is 1. The fourth-order valence-corrected chi connectivity index (χ4v) is 1.13. The summed E-state index contributed by atoms with van der Waals surface area (Å²) in [6, 6.07) is 0. The third-order valence-corrected chi connectivity index (χ3v) is 1.90. The van der Waals surface area contributed by atoms with Crippen LogP contribution in [0.2, 0.25) is 0 Å². The molecule has 78 valence electrons. The fourth-order valence-electron chi connectivity index (χ4n) is 1.13. The molecular weight excluding hydrogens is 180 g/mol. The molecule has 14 heavy (non-hydrogen) atoms. The summed E-state index contributed by atoms with van der Waals surface area (Å²) in [5.41, 5.74) is 6.31. The van der Waals surface area contributed by atoms with Crippen LogP contribution in [0, 0.1) is 6.92 Å². The van der Waals surface area contributed by atoms with E-state index in [1.165, 1.54) is 6.33 Å². The first-order chi connectivity index (χ1) is 6.79. The van der Waals surface area contributed by atoms with Crippen molar-refractivity contribution in [3.63, 3.8) is 0 Å². The minimum absolute atomic E-state index is 0.607. The van der Waals surface area contributed by atoms with Crippen LogP contribution in [0.5, 0.6) is 5.88 Å². The number of hydrogen-bond donors (Lipinski definition) is 2. The summed E-state index contributed by atoms with van der Waals surface area (Å²) >= 11 is 0. The van der Waals surface area contributed by atoms with Crippen molar-refractivity contribution in [3.8, 4) is 5.88 Å². The Morgan fingerprint density at radius 3 is 2.93 bits per heavy atom. The highest BCUT2D eigenvalue weighted by molar-refractivity contribution is 5.47. The lowest BCUT2D eigenvalue weighted by Crippen LogP contribution is -2.10. The van der Waals surface area contributed by atoms with Crippen LogP contribution in [-0.4, -0.2) is 30.2 Å². The number of anilines is 1. The lowest BCUT2D eigenvalue weighted by Gasteiger charge is -2.09. The molecule has 1 aromatic rings. The molecule has 1 aromatic heterocycles. The quantitative estimate of drug-likeness (QED) is 0.673. The third kappa shape index (κ3) is 2.56. The van der Waals surface area contributed by atoms with Gasteiger partial charge in [-0.25, -0.2) is 9.97 Å². The molecule has 0 aromatic carbocycles. The minimum Gasteiger partial charge on any atom is -0.481 e. The van der Waals surface area contributed by atoms with E-state index in [-0.39, 0.29) is 0 Å². The first-order valence-corrected chi connectivity index (χ1v) is 4.59. The average Bonchev–Trinajstić information content (AvgIpc) is 2.21. The van der Waals surface area contributed by atoms with Crippen LogP contribution in [-0.2, 0) is 0 Å². The van der Waals surface area contributed by atoms with Crippen LogP contribution in [0.4, 0.5) is 5.82 Å². The van der Waals surface area contributed by atoms with Crippen molar-refractivity contribution in [1.29, 1.82) is 0 Å². The lowest BCUT2D eigenvalue weighted by atomic mass is 10.3. The number of methoxy groups -OCH3 is 1. The molecule has 3 N–H and O–H groups in total. The van der Waals surface area contributed by atoms with Crippen molar-refractivity contribution < 1.29 is 4.74 Å². The van der Waals surface area contributed by atoms with Gasteiger partial charge < -0.3 is 15.8 Å². The van der Waals surface area contributed by atoms with Crippen LogP contribution in [0.15, 0.2) is 6.33 Å². The summed E-state index contributed by atoms with van der Waals surface area (Å²) in [7, 11) is 1.60. The third-order valence-electron chi connectivity index (χ3n) is 1.90. The van der Waals surface area contributed by atoms with Crippen LogP contribution in [0.3, 0.4) is 0 Å². The Bertz CT molecular complexity index is 290. The van der Waals surface area contributed by atoms with Gasteiger partial charge in [0, 0.05) is 6.54 Å². The number of nitrogens with zero attached hydrogens (tertiary/aromatic N) is 2. The van der Waals surface area contributed by atoms with Gasteiger partial charge in [-0.05, 0) is 19.9 Å². The van der Waals surface area contributed by atoms with Gasteiger partial charge in [-0.1, -0.05) is 0 Å². The summed E-state index contributed by atoms with van der Waals surface area (Å²) in [6.45, 7) is 3.41. The normalized spacial score (nSPS) is 9.93. The predicted octanol–water partition coefficient (Wildman–Crippen LogP) is 0.554. The topological polar surface area (TPSA) is 73.1 Å². The maximum absolute atomic E-state index is 5.39. The molecule has 0 unspecified atom stereocenters. The number of hydrogen-bond acceptors (Lipinski definition) is 5. The van der Waals surface area contributed by atoms with E-state index >= 15 is 0 Å². The van der Waals surface area contributed by atoms with E-state index in [2.05, 4.69) is 15.3 Å². The molecule has 0 aliphatic heterocycles. The molecule has 0 fully saturated rings. The van der Waals surface area contributed by atoms with E-state index in [1.807, 2.05) is 6.92 Å². The zero-order valence-corrected chi connectivity index (χ0v) is 8.58. The zero-order valence-electron chi connectivity index (χ0n) is 8.58. The van der Waals surface area contributed by atoms with Crippen molar-refractivity contribution in [3.05, 3.63) is 11.9 Å². The van der Waals surface area contributed by atoms with Crippen LogP contribution in [0.25, 0.3) is 0 Å². The highest BCUT2D eigenvalue weighted by Crippen LogP contribution is 2.19. The molecule has 0 spiro atoms. The van der Waals surface area contributed by atoms with Gasteiger partial charge in [0.15, 0.2) is 0 Å². The second kappa shape index (κ2) is 5.39. The molecule has 0 saturated heterocycles. The smallest absolute Gasteiger partial charge is 0.221 e. The van der Waals surface area contributed by atoms with Gasteiger partial charge in [-0.2, -0.15) is 0 Å². The Morgan fingerprint density at radius 1 is 1.50 bits per heavy atom. The van der Waals surface area contributed by atoms with E-state index in [9.17, 15) is 0 Å². The Balaban J connectivity index is 2.66. The van der Waals surface area contributed by atoms with Crippen molar-refractivity contribution >= 4 is 5.82 Å². The molecule has 0 radical (unpaired) electrons. The number of rotatable bonds is 5. The predicted molar refractivity (Wildman–Crippen MR) is 55.5 cm³/mol. The van der Waals surface area contributed by atoms with Crippen LogP contribution < -0.4 is 15.8 Å². The van der Waals surface area contributed by atoms with E-state index in [0.717, 1.165) is 24.3 Å². The molecule has 0 aliphatic carbocycles. The monoisotopic (exact) mass is 196 g/mol. The van der Waals surface area contributed by atoms with Gasteiger partial charge in [0.2, 0.25) is 5.88 Å². The van der Waals surface area contributed by atoms with E-state index in [1.54, 1.807) is 7.11 Å². The highest BCUT2D eigenvalue weighted by atomic mass is 16.5. The molecule has 1 rings (SSSR count). The van der Waals surface area contributed by atoms with Gasteiger partial charge in [0.25, 0.3) is 0 Å². The molecule has 1 heterocycles. The molecule has 0 amide bonds.